The molecule has 0 radical (unpaired) electrons. The molecule has 78 valence electrons. The summed E-state index contributed by atoms with van der Waals surface area (Å²) in [6, 6.07) is 0.323. The summed E-state index contributed by atoms with van der Waals surface area (Å²) in [6.45, 7) is 13.4. The van der Waals surface area contributed by atoms with E-state index in [0.29, 0.717) is 6.04 Å². The van der Waals surface area contributed by atoms with Crippen LogP contribution in [0.15, 0.2) is 12.2 Å². The number of hydrogen-bond donors (Lipinski definition) is 1. The highest BCUT2D eigenvalue weighted by Crippen LogP contribution is 2.00. The molecule has 2 heteroatoms. The zero-order valence-electron chi connectivity index (χ0n) is 9.34. The largest absolute Gasteiger partial charge is 0.327 e. The van der Waals surface area contributed by atoms with Gasteiger partial charge >= 0.3 is 0 Å². The molecule has 2 N–H and O–H groups in total. The third kappa shape index (κ3) is 6.79. The summed E-state index contributed by atoms with van der Waals surface area (Å²) in [5.41, 5.74) is 7.18. The first-order valence-corrected chi connectivity index (χ1v) is 5.22. The van der Waals surface area contributed by atoms with E-state index >= 15 is 0 Å². The Hall–Kier alpha value is -0.340. The van der Waals surface area contributed by atoms with Gasteiger partial charge in [-0.1, -0.05) is 32.4 Å². The Balaban J connectivity index is 3.75. The van der Waals surface area contributed by atoms with E-state index in [2.05, 4.69) is 32.3 Å². The lowest BCUT2D eigenvalue weighted by Gasteiger charge is -2.23. The number of nitrogens with two attached hydrogens (primary N) is 1. The van der Waals surface area contributed by atoms with Crippen molar-refractivity contribution in [2.45, 2.75) is 39.7 Å². The summed E-state index contributed by atoms with van der Waals surface area (Å²) in [6.07, 6.45) is 2.29. The predicted molar refractivity (Wildman–Crippen MR) is 59.8 cm³/mol. The first-order valence-electron chi connectivity index (χ1n) is 5.22. The first kappa shape index (κ1) is 12.7. The molecule has 0 aliphatic carbocycles. The van der Waals surface area contributed by atoms with E-state index in [1.165, 1.54) is 12.0 Å². The molecule has 0 rings (SSSR count). The van der Waals surface area contributed by atoms with Gasteiger partial charge in [-0.3, -0.25) is 4.90 Å². The van der Waals surface area contributed by atoms with E-state index in [1.807, 2.05) is 0 Å². The molecule has 0 saturated carbocycles. The Morgan fingerprint density at radius 1 is 1.46 bits per heavy atom. The number of likely N-dealkylation sites (N-methyl/N-ethyl adjacent to an activating group) is 1. The molecule has 0 aliphatic heterocycles. The van der Waals surface area contributed by atoms with Crippen LogP contribution in [0, 0.1) is 0 Å². The van der Waals surface area contributed by atoms with Crippen LogP contribution < -0.4 is 5.73 Å². The maximum Gasteiger partial charge on any atom is 0.0187 e. The normalized spacial score (nSPS) is 13.3. The Labute approximate surface area is 82.8 Å². The SMILES string of the molecule is C=C(C)CN(CC)CC(N)CCC. The maximum absolute atomic E-state index is 5.97. The fourth-order valence-corrected chi connectivity index (χ4v) is 1.48. The molecule has 0 fully saturated rings. The predicted octanol–water partition coefficient (Wildman–Crippen LogP) is 2.01. The van der Waals surface area contributed by atoms with Gasteiger partial charge < -0.3 is 5.73 Å². The van der Waals surface area contributed by atoms with E-state index in [0.717, 1.165) is 26.1 Å². The molecule has 13 heavy (non-hydrogen) atoms. The van der Waals surface area contributed by atoms with E-state index in [-0.39, 0.29) is 0 Å². The van der Waals surface area contributed by atoms with Crippen molar-refractivity contribution in [1.82, 2.24) is 4.90 Å². The van der Waals surface area contributed by atoms with Gasteiger partial charge in [0.25, 0.3) is 0 Å². The van der Waals surface area contributed by atoms with E-state index in [4.69, 9.17) is 5.73 Å². The zero-order chi connectivity index (χ0) is 10.3. The second-order valence-electron chi connectivity index (χ2n) is 3.83. The van der Waals surface area contributed by atoms with Gasteiger partial charge in [0.05, 0.1) is 0 Å². The summed E-state index contributed by atoms with van der Waals surface area (Å²) >= 11 is 0. The molecule has 0 heterocycles. The molecular formula is C11H24N2. The maximum atomic E-state index is 5.97. The van der Waals surface area contributed by atoms with Gasteiger partial charge in [0.2, 0.25) is 0 Å². The third-order valence-corrected chi connectivity index (χ3v) is 2.09. The van der Waals surface area contributed by atoms with Crippen molar-refractivity contribution in [3.63, 3.8) is 0 Å². The molecule has 0 saturated heterocycles. The van der Waals surface area contributed by atoms with Gasteiger partial charge in [-0.25, -0.2) is 0 Å². The summed E-state index contributed by atoms with van der Waals surface area (Å²) in [5.74, 6) is 0. The molecule has 0 aromatic carbocycles. The molecule has 1 unspecified atom stereocenters. The lowest BCUT2D eigenvalue weighted by Crippen LogP contribution is -2.38. The van der Waals surface area contributed by atoms with Gasteiger partial charge in [-0.2, -0.15) is 0 Å². The van der Waals surface area contributed by atoms with E-state index < -0.39 is 0 Å². The van der Waals surface area contributed by atoms with Crippen molar-refractivity contribution >= 4 is 0 Å². The average Bonchev–Trinajstić information content (AvgIpc) is 2.02. The molecule has 0 aliphatic rings. The molecule has 0 spiro atoms. The molecule has 1 atom stereocenters. The highest BCUT2D eigenvalue weighted by molar-refractivity contribution is 4.92. The number of nitrogens with zero attached hydrogens (tertiary/aromatic N) is 1. The topological polar surface area (TPSA) is 29.3 Å². The van der Waals surface area contributed by atoms with Crippen LogP contribution in [0.25, 0.3) is 0 Å². The number of rotatable bonds is 7. The van der Waals surface area contributed by atoms with Crippen LogP contribution in [0.3, 0.4) is 0 Å². The summed E-state index contributed by atoms with van der Waals surface area (Å²) in [7, 11) is 0. The monoisotopic (exact) mass is 184 g/mol. The Morgan fingerprint density at radius 3 is 2.46 bits per heavy atom. The van der Waals surface area contributed by atoms with E-state index in [9.17, 15) is 0 Å². The molecular weight excluding hydrogens is 160 g/mol. The van der Waals surface area contributed by atoms with E-state index in [1.54, 1.807) is 0 Å². The third-order valence-electron chi connectivity index (χ3n) is 2.09. The fourth-order valence-electron chi connectivity index (χ4n) is 1.48. The van der Waals surface area contributed by atoms with Crippen molar-refractivity contribution < 1.29 is 0 Å². The minimum Gasteiger partial charge on any atom is -0.327 e. The van der Waals surface area contributed by atoms with Crippen molar-refractivity contribution in [2.24, 2.45) is 5.73 Å². The summed E-state index contributed by atoms with van der Waals surface area (Å²) in [5, 5.41) is 0. The Morgan fingerprint density at radius 2 is 2.08 bits per heavy atom. The van der Waals surface area contributed by atoms with Gasteiger partial charge in [-0.15, -0.1) is 0 Å². The van der Waals surface area contributed by atoms with Gasteiger partial charge in [0.15, 0.2) is 0 Å². The molecule has 0 aromatic rings. The van der Waals surface area contributed by atoms with Crippen LogP contribution in [0.5, 0.6) is 0 Å². The number of hydrogen-bond acceptors (Lipinski definition) is 2. The second-order valence-corrected chi connectivity index (χ2v) is 3.83. The minimum atomic E-state index is 0.323. The van der Waals surface area contributed by atoms with Crippen molar-refractivity contribution in [2.75, 3.05) is 19.6 Å². The Kier molecular flexibility index (Phi) is 6.92. The lowest BCUT2D eigenvalue weighted by molar-refractivity contribution is 0.285. The van der Waals surface area contributed by atoms with Crippen LogP contribution in [0.4, 0.5) is 0 Å². The van der Waals surface area contributed by atoms with Crippen molar-refractivity contribution in [3.05, 3.63) is 12.2 Å². The van der Waals surface area contributed by atoms with Crippen molar-refractivity contribution in [3.8, 4) is 0 Å². The molecule has 0 amide bonds. The first-order chi connectivity index (χ1) is 6.10. The molecule has 0 bridgehead atoms. The van der Waals surface area contributed by atoms with Crippen LogP contribution in [-0.4, -0.2) is 30.6 Å². The standard InChI is InChI=1S/C11H24N2/c1-5-7-11(12)9-13(6-2)8-10(3)4/h11H,3,5-9,12H2,1-2,4H3. The summed E-state index contributed by atoms with van der Waals surface area (Å²) < 4.78 is 0. The smallest absolute Gasteiger partial charge is 0.0187 e. The highest BCUT2D eigenvalue weighted by Gasteiger charge is 2.07. The second kappa shape index (κ2) is 7.10. The highest BCUT2D eigenvalue weighted by atomic mass is 15.1. The Bertz CT molecular complexity index is 143. The van der Waals surface area contributed by atoms with Gasteiger partial charge in [0, 0.05) is 19.1 Å². The minimum absolute atomic E-state index is 0.323. The quantitative estimate of drug-likeness (QED) is 0.613. The zero-order valence-corrected chi connectivity index (χ0v) is 9.34. The average molecular weight is 184 g/mol. The molecule has 0 aromatic heterocycles. The van der Waals surface area contributed by atoms with Crippen LogP contribution >= 0.6 is 0 Å². The lowest BCUT2D eigenvalue weighted by atomic mass is 10.1. The van der Waals surface area contributed by atoms with Crippen LogP contribution in [0.1, 0.15) is 33.6 Å². The van der Waals surface area contributed by atoms with Gasteiger partial charge in [-0.05, 0) is 19.9 Å². The fraction of sp³-hybridized carbons (Fsp3) is 0.818. The van der Waals surface area contributed by atoms with Crippen LogP contribution in [-0.2, 0) is 0 Å². The van der Waals surface area contributed by atoms with Gasteiger partial charge in [0.1, 0.15) is 0 Å². The molecule has 2 nitrogen and oxygen atoms in total. The van der Waals surface area contributed by atoms with Crippen LogP contribution in [0.2, 0.25) is 0 Å². The summed E-state index contributed by atoms with van der Waals surface area (Å²) in [4.78, 5) is 2.35. The van der Waals surface area contributed by atoms with Crippen molar-refractivity contribution in [1.29, 1.82) is 0 Å².